The molecule has 0 saturated heterocycles. The molecule has 1 atom stereocenters. The minimum atomic E-state index is -4.87. The molecular formula is C24H23F4NO5. The number of hydrogen-bond donors (Lipinski definition) is 0. The molecule has 3 aromatic rings. The van der Waals surface area contributed by atoms with E-state index in [0.29, 0.717) is 23.1 Å². The van der Waals surface area contributed by atoms with Crippen LogP contribution in [-0.2, 0) is 16.0 Å². The predicted molar refractivity (Wildman–Crippen MR) is 116 cm³/mol. The van der Waals surface area contributed by atoms with Crippen LogP contribution in [0.4, 0.5) is 17.6 Å². The molecule has 0 bridgehead atoms. The normalized spacial score (nSPS) is 12.5. The highest BCUT2D eigenvalue weighted by atomic mass is 19.4. The van der Waals surface area contributed by atoms with Gasteiger partial charge < -0.3 is 14.2 Å². The van der Waals surface area contributed by atoms with Gasteiger partial charge in [-0.3, -0.25) is 14.2 Å². The van der Waals surface area contributed by atoms with E-state index in [-0.39, 0.29) is 29.4 Å². The molecule has 0 fully saturated rings. The van der Waals surface area contributed by atoms with Crippen molar-refractivity contribution < 1.29 is 41.4 Å². The Labute approximate surface area is 193 Å². The van der Waals surface area contributed by atoms with E-state index >= 15 is 0 Å². The molecule has 1 unspecified atom stereocenters. The maximum absolute atomic E-state index is 14.5. The lowest BCUT2D eigenvalue weighted by Crippen LogP contribution is -2.18. The Morgan fingerprint density at radius 1 is 1.12 bits per heavy atom. The van der Waals surface area contributed by atoms with Gasteiger partial charge in [-0.1, -0.05) is 6.92 Å². The first kappa shape index (κ1) is 25.1. The average molecular weight is 481 g/mol. The van der Waals surface area contributed by atoms with Crippen molar-refractivity contribution in [3.63, 3.8) is 0 Å². The van der Waals surface area contributed by atoms with Crippen molar-refractivity contribution in [1.29, 1.82) is 0 Å². The Morgan fingerprint density at radius 3 is 2.32 bits per heavy atom. The highest BCUT2D eigenvalue weighted by Crippen LogP contribution is 2.33. The second-order valence-corrected chi connectivity index (χ2v) is 7.67. The van der Waals surface area contributed by atoms with Crippen molar-refractivity contribution in [1.82, 2.24) is 4.57 Å². The SMILES string of the molecule is CCC(C)OC(=O)Cc1c(C)n(C(=O)c2ccc(OC(F)(F)F)cc2)c2cc(F)c(OC)cc12. The Balaban J connectivity index is 2.08. The summed E-state index contributed by atoms with van der Waals surface area (Å²) in [5.74, 6) is -2.40. The first-order valence-electron chi connectivity index (χ1n) is 10.4. The van der Waals surface area contributed by atoms with Gasteiger partial charge in [0, 0.05) is 22.7 Å². The number of carbonyl (C=O) groups excluding carboxylic acids is 2. The molecule has 0 amide bonds. The van der Waals surface area contributed by atoms with Gasteiger partial charge in [-0.05, 0) is 56.2 Å². The van der Waals surface area contributed by atoms with E-state index in [4.69, 9.17) is 9.47 Å². The summed E-state index contributed by atoms with van der Waals surface area (Å²) in [5, 5.41) is 0.419. The topological polar surface area (TPSA) is 66.8 Å². The summed E-state index contributed by atoms with van der Waals surface area (Å²) < 4.78 is 67.3. The molecule has 0 spiro atoms. The number of aromatic nitrogens is 1. The number of methoxy groups -OCH3 is 1. The van der Waals surface area contributed by atoms with Gasteiger partial charge in [0.2, 0.25) is 0 Å². The quantitative estimate of drug-likeness (QED) is 0.326. The number of benzene rings is 2. The molecule has 0 saturated carbocycles. The van der Waals surface area contributed by atoms with Crippen LogP contribution in [-0.4, -0.2) is 36.0 Å². The minimum absolute atomic E-state index is 0.0412. The fraction of sp³-hybridized carbons (Fsp3) is 0.333. The van der Waals surface area contributed by atoms with Crippen LogP contribution in [0.2, 0.25) is 0 Å². The van der Waals surface area contributed by atoms with Crippen LogP contribution in [0.5, 0.6) is 11.5 Å². The number of alkyl halides is 3. The Morgan fingerprint density at radius 2 is 1.76 bits per heavy atom. The van der Waals surface area contributed by atoms with Crippen molar-refractivity contribution >= 4 is 22.8 Å². The molecule has 1 aromatic heterocycles. The highest BCUT2D eigenvalue weighted by molar-refractivity contribution is 6.05. The molecule has 0 aliphatic rings. The first-order valence-corrected chi connectivity index (χ1v) is 10.4. The van der Waals surface area contributed by atoms with Gasteiger partial charge in [0.15, 0.2) is 11.6 Å². The molecular weight excluding hydrogens is 458 g/mol. The lowest BCUT2D eigenvalue weighted by Gasteiger charge is -2.11. The second kappa shape index (κ2) is 9.74. The summed E-state index contributed by atoms with van der Waals surface area (Å²) in [7, 11) is 1.29. The second-order valence-electron chi connectivity index (χ2n) is 7.67. The fourth-order valence-corrected chi connectivity index (χ4v) is 3.54. The molecule has 0 aliphatic heterocycles. The van der Waals surface area contributed by atoms with Crippen LogP contribution in [0.25, 0.3) is 10.9 Å². The number of esters is 1. The molecule has 2 aromatic carbocycles. The molecule has 10 heteroatoms. The van der Waals surface area contributed by atoms with E-state index in [1.165, 1.54) is 29.9 Å². The van der Waals surface area contributed by atoms with Crippen molar-refractivity contribution in [3.8, 4) is 11.5 Å². The van der Waals surface area contributed by atoms with E-state index in [9.17, 15) is 27.2 Å². The standard InChI is InChI=1S/C24H23F4NO5/c1-5-13(2)33-22(30)11-17-14(3)29(20-12-19(25)21(32-4)10-18(17)20)23(31)15-6-8-16(9-7-15)34-24(26,27)28/h6-10,12-13H,5,11H2,1-4H3. The van der Waals surface area contributed by atoms with Gasteiger partial charge in [-0.15, -0.1) is 13.2 Å². The molecule has 0 radical (unpaired) electrons. The summed E-state index contributed by atoms with van der Waals surface area (Å²) in [6.45, 7) is 5.21. The molecule has 0 aliphatic carbocycles. The van der Waals surface area contributed by atoms with Gasteiger partial charge in [0.05, 0.1) is 25.2 Å². The minimum Gasteiger partial charge on any atom is -0.494 e. The number of carbonyl (C=O) groups is 2. The molecule has 0 N–H and O–H groups in total. The lowest BCUT2D eigenvalue weighted by atomic mass is 10.1. The van der Waals surface area contributed by atoms with Crippen LogP contribution in [0.1, 0.15) is 41.9 Å². The van der Waals surface area contributed by atoms with Gasteiger partial charge in [0.25, 0.3) is 5.91 Å². The van der Waals surface area contributed by atoms with Crippen LogP contribution < -0.4 is 9.47 Å². The van der Waals surface area contributed by atoms with Crippen molar-refractivity contribution in [2.45, 2.75) is 46.1 Å². The van der Waals surface area contributed by atoms with Gasteiger partial charge in [0.1, 0.15) is 5.75 Å². The number of halogens is 4. The maximum Gasteiger partial charge on any atom is 0.573 e. The predicted octanol–water partition coefficient (Wildman–Crippen LogP) is 5.57. The van der Waals surface area contributed by atoms with E-state index in [2.05, 4.69) is 4.74 Å². The first-order chi connectivity index (χ1) is 15.9. The zero-order chi connectivity index (χ0) is 25.2. The molecule has 34 heavy (non-hydrogen) atoms. The number of nitrogens with zero attached hydrogens (tertiary/aromatic N) is 1. The monoisotopic (exact) mass is 481 g/mol. The number of ether oxygens (including phenoxy) is 3. The van der Waals surface area contributed by atoms with Gasteiger partial charge in [-0.2, -0.15) is 0 Å². The van der Waals surface area contributed by atoms with Crippen LogP contribution in [0, 0.1) is 12.7 Å². The summed E-state index contributed by atoms with van der Waals surface area (Å²) in [6, 6.07) is 6.87. The highest BCUT2D eigenvalue weighted by Gasteiger charge is 2.31. The Kier molecular flexibility index (Phi) is 7.18. The third-order valence-corrected chi connectivity index (χ3v) is 5.37. The third kappa shape index (κ3) is 5.32. The van der Waals surface area contributed by atoms with E-state index < -0.39 is 29.8 Å². The average Bonchev–Trinajstić information content (AvgIpc) is 3.02. The van der Waals surface area contributed by atoms with E-state index in [0.717, 1.165) is 18.2 Å². The molecule has 182 valence electrons. The smallest absolute Gasteiger partial charge is 0.494 e. The summed E-state index contributed by atoms with van der Waals surface area (Å²) in [4.78, 5) is 25.8. The fourth-order valence-electron chi connectivity index (χ4n) is 3.54. The van der Waals surface area contributed by atoms with Crippen molar-refractivity contribution in [3.05, 3.63) is 59.0 Å². The van der Waals surface area contributed by atoms with Crippen molar-refractivity contribution in [2.75, 3.05) is 7.11 Å². The molecule has 3 rings (SSSR count). The van der Waals surface area contributed by atoms with Gasteiger partial charge in [-0.25, -0.2) is 4.39 Å². The van der Waals surface area contributed by atoms with Crippen molar-refractivity contribution in [2.24, 2.45) is 0 Å². The largest absolute Gasteiger partial charge is 0.573 e. The van der Waals surface area contributed by atoms with E-state index in [1.807, 2.05) is 6.92 Å². The zero-order valence-corrected chi connectivity index (χ0v) is 19.0. The van der Waals surface area contributed by atoms with Crippen LogP contribution in [0.15, 0.2) is 36.4 Å². The van der Waals surface area contributed by atoms with Gasteiger partial charge >= 0.3 is 12.3 Å². The summed E-state index contributed by atoms with van der Waals surface area (Å²) in [6.07, 6.45) is -4.71. The Bertz CT molecular complexity index is 1220. The summed E-state index contributed by atoms with van der Waals surface area (Å²) in [5.41, 5.74) is 1.04. The van der Waals surface area contributed by atoms with Crippen LogP contribution >= 0.6 is 0 Å². The number of rotatable bonds is 7. The number of fused-ring (bicyclic) bond motifs is 1. The Hall–Kier alpha value is -3.56. The number of hydrogen-bond acceptors (Lipinski definition) is 5. The van der Waals surface area contributed by atoms with Crippen LogP contribution in [0.3, 0.4) is 0 Å². The summed E-state index contributed by atoms with van der Waals surface area (Å²) >= 11 is 0. The third-order valence-electron chi connectivity index (χ3n) is 5.37. The van der Waals surface area contributed by atoms with E-state index in [1.54, 1.807) is 13.8 Å². The zero-order valence-electron chi connectivity index (χ0n) is 19.0. The molecule has 6 nitrogen and oxygen atoms in total. The lowest BCUT2D eigenvalue weighted by molar-refractivity contribution is -0.274. The maximum atomic E-state index is 14.5. The molecule has 1 heterocycles.